The van der Waals surface area contributed by atoms with Gasteiger partial charge in [-0.2, -0.15) is 0 Å². The molecular formula is C14H23N5O. The van der Waals surface area contributed by atoms with E-state index in [4.69, 9.17) is 5.73 Å². The number of piperidine rings is 1. The fourth-order valence-corrected chi connectivity index (χ4v) is 2.33. The molecular weight excluding hydrogens is 254 g/mol. The summed E-state index contributed by atoms with van der Waals surface area (Å²) < 4.78 is 0. The Hall–Kier alpha value is -1.69. The van der Waals surface area contributed by atoms with Gasteiger partial charge < -0.3 is 16.0 Å². The SMILES string of the molecule is CC(C)[C@H](N)C(=O)NC1CCCN(c2ncccn2)C1. The molecule has 0 radical (unpaired) electrons. The average molecular weight is 277 g/mol. The van der Waals surface area contributed by atoms with E-state index in [1.807, 2.05) is 13.8 Å². The van der Waals surface area contributed by atoms with Crippen LogP contribution in [0.15, 0.2) is 18.5 Å². The minimum atomic E-state index is -0.446. The second-order valence-electron chi connectivity index (χ2n) is 5.61. The quantitative estimate of drug-likeness (QED) is 0.839. The highest BCUT2D eigenvalue weighted by molar-refractivity contribution is 5.82. The second kappa shape index (κ2) is 6.65. The Morgan fingerprint density at radius 1 is 1.45 bits per heavy atom. The number of hydrogen-bond acceptors (Lipinski definition) is 5. The summed E-state index contributed by atoms with van der Waals surface area (Å²) in [6.07, 6.45) is 5.46. The number of carbonyl (C=O) groups excluding carboxylic acids is 1. The zero-order valence-electron chi connectivity index (χ0n) is 12.1. The molecule has 1 aromatic heterocycles. The van der Waals surface area contributed by atoms with Gasteiger partial charge in [-0.1, -0.05) is 13.8 Å². The van der Waals surface area contributed by atoms with Gasteiger partial charge in [0.2, 0.25) is 11.9 Å². The van der Waals surface area contributed by atoms with Crippen LogP contribution in [0.25, 0.3) is 0 Å². The van der Waals surface area contributed by atoms with Gasteiger partial charge in [-0.15, -0.1) is 0 Å². The lowest BCUT2D eigenvalue weighted by Gasteiger charge is -2.33. The summed E-state index contributed by atoms with van der Waals surface area (Å²) in [5.41, 5.74) is 5.87. The van der Waals surface area contributed by atoms with Gasteiger partial charge in [-0.3, -0.25) is 4.79 Å². The summed E-state index contributed by atoms with van der Waals surface area (Å²) in [7, 11) is 0. The van der Waals surface area contributed by atoms with Crippen LogP contribution in [-0.4, -0.2) is 41.0 Å². The van der Waals surface area contributed by atoms with Crippen LogP contribution in [-0.2, 0) is 4.79 Å². The highest BCUT2D eigenvalue weighted by atomic mass is 16.2. The fourth-order valence-electron chi connectivity index (χ4n) is 2.33. The molecule has 2 rings (SSSR count). The lowest BCUT2D eigenvalue weighted by molar-refractivity contribution is -0.124. The maximum Gasteiger partial charge on any atom is 0.237 e. The Balaban J connectivity index is 1.92. The average Bonchev–Trinajstić information content (AvgIpc) is 2.47. The first-order chi connectivity index (χ1) is 9.58. The third-order valence-electron chi connectivity index (χ3n) is 3.62. The third-order valence-corrected chi connectivity index (χ3v) is 3.62. The number of nitrogens with zero attached hydrogens (tertiary/aromatic N) is 3. The van der Waals surface area contributed by atoms with Gasteiger partial charge in [0, 0.05) is 31.5 Å². The van der Waals surface area contributed by atoms with E-state index in [-0.39, 0.29) is 17.9 Å². The maximum absolute atomic E-state index is 12.0. The second-order valence-corrected chi connectivity index (χ2v) is 5.61. The molecule has 1 aliphatic rings. The molecule has 2 atom stereocenters. The number of hydrogen-bond donors (Lipinski definition) is 2. The first kappa shape index (κ1) is 14.7. The Kier molecular flexibility index (Phi) is 4.89. The molecule has 0 bridgehead atoms. The van der Waals surface area contributed by atoms with Crippen LogP contribution < -0.4 is 16.0 Å². The predicted molar refractivity (Wildman–Crippen MR) is 78.2 cm³/mol. The summed E-state index contributed by atoms with van der Waals surface area (Å²) in [5, 5.41) is 3.04. The van der Waals surface area contributed by atoms with Crippen LogP contribution in [0.5, 0.6) is 0 Å². The van der Waals surface area contributed by atoms with Crippen molar-refractivity contribution in [2.75, 3.05) is 18.0 Å². The normalized spacial score (nSPS) is 20.8. The topological polar surface area (TPSA) is 84.1 Å². The van der Waals surface area contributed by atoms with Crippen LogP contribution in [0.2, 0.25) is 0 Å². The molecule has 0 aliphatic carbocycles. The molecule has 0 spiro atoms. The van der Waals surface area contributed by atoms with Crippen molar-refractivity contribution in [2.24, 2.45) is 11.7 Å². The fraction of sp³-hybridized carbons (Fsp3) is 0.643. The van der Waals surface area contributed by atoms with E-state index in [1.165, 1.54) is 0 Å². The van der Waals surface area contributed by atoms with Gasteiger partial charge in [0.1, 0.15) is 0 Å². The van der Waals surface area contributed by atoms with Crippen molar-refractivity contribution < 1.29 is 4.79 Å². The molecule has 1 unspecified atom stereocenters. The van der Waals surface area contributed by atoms with Crippen LogP contribution >= 0.6 is 0 Å². The molecule has 1 saturated heterocycles. The van der Waals surface area contributed by atoms with Gasteiger partial charge in [0.05, 0.1) is 6.04 Å². The number of nitrogens with two attached hydrogens (primary N) is 1. The number of anilines is 1. The van der Waals surface area contributed by atoms with Crippen molar-refractivity contribution in [3.8, 4) is 0 Å². The zero-order chi connectivity index (χ0) is 14.5. The first-order valence-electron chi connectivity index (χ1n) is 7.16. The van der Waals surface area contributed by atoms with E-state index in [9.17, 15) is 4.79 Å². The summed E-state index contributed by atoms with van der Waals surface area (Å²) in [4.78, 5) is 22.6. The van der Waals surface area contributed by atoms with Gasteiger partial charge in [0.25, 0.3) is 0 Å². The van der Waals surface area contributed by atoms with E-state index < -0.39 is 6.04 Å². The van der Waals surface area contributed by atoms with Crippen molar-refractivity contribution in [1.29, 1.82) is 0 Å². The minimum Gasteiger partial charge on any atom is -0.350 e. The molecule has 110 valence electrons. The minimum absolute atomic E-state index is 0.0687. The maximum atomic E-state index is 12.0. The molecule has 6 heteroatoms. The number of aromatic nitrogens is 2. The van der Waals surface area contributed by atoms with E-state index in [0.717, 1.165) is 31.9 Å². The molecule has 20 heavy (non-hydrogen) atoms. The zero-order valence-corrected chi connectivity index (χ0v) is 12.1. The number of rotatable bonds is 4. The Labute approximate surface area is 119 Å². The Morgan fingerprint density at radius 2 is 2.15 bits per heavy atom. The van der Waals surface area contributed by atoms with Crippen LogP contribution in [0, 0.1) is 5.92 Å². The van der Waals surface area contributed by atoms with Gasteiger partial charge >= 0.3 is 0 Å². The molecule has 1 aliphatic heterocycles. The van der Waals surface area contributed by atoms with Crippen LogP contribution in [0.1, 0.15) is 26.7 Å². The molecule has 6 nitrogen and oxygen atoms in total. The largest absolute Gasteiger partial charge is 0.350 e. The molecule has 1 fully saturated rings. The van der Waals surface area contributed by atoms with E-state index in [1.54, 1.807) is 18.5 Å². The van der Waals surface area contributed by atoms with Gasteiger partial charge in [-0.25, -0.2) is 9.97 Å². The smallest absolute Gasteiger partial charge is 0.237 e. The molecule has 1 aromatic rings. The first-order valence-corrected chi connectivity index (χ1v) is 7.16. The molecule has 3 N–H and O–H groups in total. The number of amides is 1. The summed E-state index contributed by atoms with van der Waals surface area (Å²) in [5.74, 6) is 0.799. The van der Waals surface area contributed by atoms with E-state index >= 15 is 0 Å². The van der Waals surface area contributed by atoms with Crippen molar-refractivity contribution in [1.82, 2.24) is 15.3 Å². The monoisotopic (exact) mass is 277 g/mol. The van der Waals surface area contributed by atoms with Crippen LogP contribution in [0.4, 0.5) is 5.95 Å². The predicted octanol–water partition coefficient (Wildman–Crippen LogP) is 0.545. The summed E-state index contributed by atoms with van der Waals surface area (Å²) in [6.45, 7) is 5.57. The molecule has 0 aromatic carbocycles. The van der Waals surface area contributed by atoms with Crippen molar-refractivity contribution in [3.63, 3.8) is 0 Å². The van der Waals surface area contributed by atoms with Gasteiger partial charge in [-0.05, 0) is 24.8 Å². The Morgan fingerprint density at radius 3 is 2.80 bits per heavy atom. The number of carbonyl (C=O) groups is 1. The highest BCUT2D eigenvalue weighted by Crippen LogP contribution is 2.15. The number of nitrogens with one attached hydrogen (secondary N) is 1. The standard InChI is InChI=1S/C14H23N5O/c1-10(2)12(15)13(20)18-11-5-3-8-19(9-11)14-16-6-4-7-17-14/h4,6-7,10-12H,3,5,8-9,15H2,1-2H3,(H,18,20)/t11?,12-/m0/s1. The Bertz CT molecular complexity index is 436. The lowest BCUT2D eigenvalue weighted by Crippen LogP contribution is -2.53. The summed E-state index contributed by atoms with van der Waals surface area (Å²) >= 11 is 0. The van der Waals surface area contributed by atoms with Crippen molar-refractivity contribution in [3.05, 3.63) is 18.5 Å². The summed E-state index contributed by atoms with van der Waals surface area (Å²) in [6, 6.07) is 1.47. The van der Waals surface area contributed by atoms with Gasteiger partial charge in [0.15, 0.2) is 0 Å². The van der Waals surface area contributed by atoms with E-state index in [2.05, 4.69) is 20.2 Å². The molecule has 0 saturated carbocycles. The van der Waals surface area contributed by atoms with Crippen LogP contribution in [0.3, 0.4) is 0 Å². The highest BCUT2D eigenvalue weighted by Gasteiger charge is 2.25. The lowest BCUT2D eigenvalue weighted by atomic mass is 10.0. The van der Waals surface area contributed by atoms with Crippen molar-refractivity contribution in [2.45, 2.75) is 38.8 Å². The molecule has 2 heterocycles. The van der Waals surface area contributed by atoms with E-state index in [0.29, 0.717) is 0 Å². The molecule has 1 amide bonds. The third kappa shape index (κ3) is 3.66. The van der Waals surface area contributed by atoms with Crippen molar-refractivity contribution >= 4 is 11.9 Å².